The number of rotatable bonds is 5. The standard InChI is InChI=1S/C18H29N/c1-16(17-10-6-5-7-11-17)14-15-19-18-12-8-3-2-4-9-13-18/h5-7,10-11,16,18-19H,2-4,8-9,12-15H2,1H3. The SMILES string of the molecule is CC(CCNC1CCCCCCC1)c1ccccc1. The van der Waals surface area contributed by atoms with Crippen LogP contribution in [-0.2, 0) is 0 Å². The summed E-state index contributed by atoms with van der Waals surface area (Å²) in [7, 11) is 0. The van der Waals surface area contributed by atoms with Crippen molar-refractivity contribution < 1.29 is 0 Å². The molecule has 2 rings (SSSR count). The Morgan fingerprint density at radius 1 is 1.00 bits per heavy atom. The predicted octanol–water partition coefficient (Wildman–Crippen LogP) is 4.88. The van der Waals surface area contributed by atoms with E-state index in [1.165, 1.54) is 63.5 Å². The van der Waals surface area contributed by atoms with Gasteiger partial charge >= 0.3 is 0 Å². The quantitative estimate of drug-likeness (QED) is 0.794. The number of hydrogen-bond acceptors (Lipinski definition) is 1. The topological polar surface area (TPSA) is 12.0 Å². The van der Waals surface area contributed by atoms with E-state index in [9.17, 15) is 0 Å². The Bertz CT molecular complexity index is 325. The third kappa shape index (κ3) is 5.36. The third-order valence-corrected chi connectivity index (χ3v) is 4.48. The molecule has 0 spiro atoms. The van der Waals surface area contributed by atoms with Gasteiger partial charge in [-0.25, -0.2) is 0 Å². The Hall–Kier alpha value is -0.820. The van der Waals surface area contributed by atoms with Crippen LogP contribution in [0.25, 0.3) is 0 Å². The second-order valence-electron chi connectivity index (χ2n) is 6.10. The normalized spacial score (nSPS) is 19.6. The van der Waals surface area contributed by atoms with Gasteiger partial charge in [0, 0.05) is 6.04 Å². The highest BCUT2D eigenvalue weighted by molar-refractivity contribution is 5.18. The van der Waals surface area contributed by atoms with Crippen LogP contribution in [0.15, 0.2) is 30.3 Å². The van der Waals surface area contributed by atoms with Crippen LogP contribution in [-0.4, -0.2) is 12.6 Å². The van der Waals surface area contributed by atoms with Crippen molar-refractivity contribution >= 4 is 0 Å². The van der Waals surface area contributed by atoms with Crippen molar-refractivity contribution in [2.75, 3.05) is 6.54 Å². The Balaban J connectivity index is 1.67. The molecular weight excluding hydrogens is 230 g/mol. The summed E-state index contributed by atoms with van der Waals surface area (Å²) in [5, 5.41) is 3.79. The van der Waals surface area contributed by atoms with Gasteiger partial charge in [-0.3, -0.25) is 0 Å². The van der Waals surface area contributed by atoms with Gasteiger partial charge in [0.1, 0.15) is 0 Å². The van der Waals surface area contributed by atoms with E-state index in [2.05, 4.69) is 42.6 Å². The van der Waals surface area contributed by atoms with Crippen LogP contribution >= 0.6 is 0 Å². The van der Waals surface area contributed by atoms with Crippen LogP contribution in [0.5, 0.6) is 0 Å². The lowest BCUT2D eigenvalue weighted by Crippen LogP contribution is -2.31. The van der Waals surface area contributed by atoms with Crippen molar-refractivity contribution in [1.29, 1.82) is 0 Å². The number of benzene rings is 1. The number of hydrogen-bond donors (Lipinski definition) is 1. The van der Waals surface area contributed by atoms with Crippen LogP contribution in [0.1, 0.15) is 69.8 Å². The minimum absolute atomic E-state index is 0.669. The summed E-state index contributed by atoms with van der Waals surface area (Å²) < 4.78 is 0. The fourth-order valence-corrected chi connectivity index (χ4v) is 3.11. The molecule has 1 aliphatic rings. The molecule has 0 radical (unpaired) electrons. The van der Waals surface area contributed by atoms with Gasteiger partial charge in [0.05, 0.1) is 0 Å². The largest absolute Gasteiger partial charge is 0.314 e. The van der Waals surface area contributed by atoms with E-state index in [0.717, 1.165) is 6.04 Å². The van der Waals surface area contributed by atoms with Crippen LogP contribution in [0.4, 0.5) is 0 Å². The molecule has 0 aromatic heterocycles. The molecule has 0 saturated heterocycles. The molecule has 0 heterocycles. The highest BCUT2D eigenvalue weighted by atomic mass is 14.9. The molecule has 19 heavy (non-hydrogen) atoms. The number of nitrogens with one attached hydrogen (secondary N) is 1. The molecule has 1 aromatic rings. The molecule has 1 atom stereocenters. The average molecular weight is 259 g/mol. The summed E-state index contributed by atoms with van der Waals surface area (Å²) in [6.45, 7) is 3.51. The molecule has 1 unspecified atom stereocenters. The summed E-state index contributed by atoms with van der Waals surface area (Å²) in [6.07, 6.45) is 11.2. The van der Waals surface area contributed by atoms with Crippen LogP contribution in [0.2, 0.25) is 0 Å². The van der Waals surface area contributed by atoms with Gasteiger partial charge < -0.3 is 5.32 Å². The van der Waals surface area contributed by atoms with Crippen molar-refractivity contribution in [1.82, 2.24) is 5.32 Å². The Morgan fingerprint density at radius 2 is 1.63 bits per heavy atom. The van der Waals surface area contributed by atoms with Crippen molar-refractivity contribution in [3.05, 3.63) is 35.9 Å². The molecule has 0 bridgehead atoms. The van der Waals surface area contributed by atoms with Crippen LogP contribution in [0, 0.1) is 0 Å². The first-order valence-electron chi connectivity index (χ1n) is 8.14. The van der Waals surface area contributed by atoms with Crippen LogP contribution < -0.4 is 5.32 Å². The van der Waals surface area contributed by atoms with Gasteiger partial charge in [0.25, 0.3) is 0 Å². The molecule has 1 fully saturated rings. The molecule has 1 aromatic carbocycles. The lowest BCUT2D eigenvalue weighted by molar-refractivity contribution is 0.384. The molecular formula is C18H29N. The second-order valence-corrected chi connectivity index (χ2v) is 6.10. The van der Waals surface area contributed by atoms with Gasteiger partial charge in [-0.15, -0.1) is 0 Å². The summed E-state index contributed by atoms with van der Waals surface area (Å²) >= 11 is 0. The molecule has 1 aliphatic carbocycles. The highest BCUT2D eigenvalue weighted by Gasteiger charge is 2.11. The summed E-state index contributed by atoms with van der Waals surface area (Å²) in [6, 6.07) is 11.7. The van der Waals surface area contributed by atoms with E-state index >= 15 is 0 Å². The third-order valence-electron chi connectivity index (χ3n) is 4.48. The molecule has 1 heteroatoms. The molecule has 0 aliphatic heterocycles. The molecule has 0 amide bonds. The minimum atomic E-state index is 0.669. The van der Waals surface area contributed by atoms with Crippen molar-refractivity contribution in [2.45, 2.75) is 70.3 Å². The fourth-order valence-electron chi connectivity index (χ4n) is 3.11. The maximum Gasteiger partial charge on any atom is 0.00670 e. The molecule has 106 valence electrons. The molecule has 1 saturated carbocycles. The Kier molecular flexibility index (Phi) is 6.43. The smallest absolute Gasteiger partial charge is 0.00670 e. The van der Waals surface area contributed by atoms with Crippen molar-refractivity contribution in [3.8, 4) is 0 Å². The Morgan fingerprint density at radius 3 is 2.32 bits per heavy atom. The van der Waals surface area contributed by atoms with E-state index in [4.69, 9.17) is 0 Å². The van der Waals surface area contributed by atoms with Gasteiger partial charge in [-0.1, -0.05) is 69.4 Å². The van der Waals surface area contributed by atoms with E-state index in [1.807, 2.05) is 0 Å². The van der Waals surface area contributed by atoms with E-state index in [-0.39, 0.29) is 0 Å². The van der Waals surface area contributed by atoms with Gasteiger partial charge in [-0.05, 0) is 37.3 Å². The van der Waals surface area contributed by atoms with E-state index < -0.39 is 0 Å². The van der Waals surface area contributed by atoms with Gasteiger partial charge in [-0.2, -0.15) is 0 Å². The van der Waals surface area contributed by atoms with Crippen molar-refractivity contribution in [3.63, 3.8) is 0 Å². The van der Waals surface area contributed by atoms with E-state index in [1.54, 1.807) is 0 Å². The second kappa shape index (κ2) is 8.37. The maximum absolute atomic E-state index is 3.79. The first-order valence-corrected chi connectivity index (χ1v) is 8.14. The first-order chi connectivity index (χ1) is 9.36. The highest BCUT2D eigenvalue weighted by Crippen LogP contribution is 2.19. The maximum atomic E-state index is 3.79. The lowest BCUT2D eigenvalue weighted by atomic mass is 9.95. The fraction of sp³-hybridized carbons (Fsp3) is 0.667. The lowest BCUT2D eigenvalue weighted by Gasteiger charge is -2.22. The summed E-state index contributed by atoms with van der Waals surface area (Å²) in [4.78, 5) is 0. The Labute approximate surface area is 118 Å². The molecule has 1 nitrogen and oxygen atoms in total. The zero-order chi connectivity index (χ0) is 13.3. The van der Waals surface area contributed by atoms with Gasteiger partial charge in [0.15, 0.2) is 0 Å². The van der Waals surface area contributed by atoms with Crippen molar-refractivity contribution in [2.24, 2.45) is 0 Å². The molecule has 1 N–H and O–H groups in total. The zero-order valence-electron chi connectivity index (χ0n) is 12.4. The monoisotopic (exact) mass is 259 g/mol. The predicted molar refractivity (Wildman–Crippen MR) is 83.6 cm³/mol. The first kappa shape index (κ1) is 14.6. The van der Waals surface area contributed by atoms with Gasteiger partial charge in [0.2, 0.25) is 0 Å². The summed E-state index contributed by atoms with van der Waals surface area (Å²) in [5.74, 6) is 0.669. The van der Waals surface area contributed by atoms with E-state index in [0.29, 0.717) is 5.92 Å². The zero-order valence-corrected chi connectivity index (χ0v) is 12.4. The summed E-state index contributed by atoms with van der Waals surface area (Å²) in [5.41, 5.74) is 1.47. The minimum Gasteiger partial charge on any atom is -0.314 e. The average Bonchev–Trinajstić information content (AvgIpc) is 2.42. The van der Waals surface area contributed by atoms with Crippen LogP contribution in [0.3, 0.4) is 0 Å².